The Balaban J connectivity index is 2.99. The summed E-state index contributed by atoms with van der Waals surface area (Å²) in [5, 5.41) is 12.6. The maximum Gasteiger partial charge on any atom is 0.135 e. The predicted octanol–water partition coefficient (Wildman–Crippen LogP) is 0.858. The van der Waals surface area contributed by atoms with Gasteiger partial charge in [0.1, 0.15) is 6.04 Å². The van der Waals surface area contributed by atoms with Crippen molar-refractivity contribution in [3.63, 3.8) is 0 Å². The van der Waals surface area contributed by atoms with Crippen molar-refractivity contribution in [2.75, 3.05) is 5.73 Å². The molecule has 4 heteroatoms. The number of nitrogen functional groups attached to an aromatic ring is 1. The number of nitrogens with two attached hydrogens (primary N) is 1. The first-order valence-electron chi connectivity index (χ1n) is 3.36. The van der Waals surface area contributed by atoms with E-state index in [9.17, 15) is 0 Å². The van der Waals surface area contributed by atoms with Gasteiger partial charge in [0, 0.05) is 6.20 Å². The fraction of sp³-hybridized carbons (Fsp3) is 0.429. The Morgan fingerprint density at radius 3 is 2.82 bits per heavy atom. The van der Waals surface area contributed by atoms with Crippen LogP contribution in [0, 0.1) is 18.3 Å². The van der Waals surface area contributed by atoms with Crippen molar-refractivity contribution in [1.29, 1.82) is 5.26 Å². The molecule has 0 aromatic carbocycles. The Bertz CT molecular complexity index is 274. The predicted molar refractivity (Wildman–Crippen MR) is 41.7 cm³/mol. The van der Waals surface area contributed by atoms with Crippen LogP contribution in [0.4, 0.5) is 5.69 Å². The van der Waals surface area contributed by atoms with Crippen molar-refractivity contribution in [2.45, 2.75) is 19.9 Å². The third kappa shape index (κ3) is 1.32. The lowest BCUT2D eigenvalue weighted by Crippen LogP contribution is -2.02. The standard InChI is InChI=1S/C7H10N4/c1-5(3-8)11-4-7(9)6(2)10-11/h4-5H,9H2,1-2H3. The van der Waals surface area contributed by atoms with Gasteiger partial charge in [0.2, 0.25) is 0 Å². The Morgan fingerprint density at radius 1 is 1.82 bits per heavy atom. The molecular formula is C7H10N4. The van der Waals surface area contributed by atoms with E-state index in [1.807, 2.05) is 6.92 Å². The van der Waals surface area contributed by atoms with Crippen LogP contribution < -0.4 is 5.73 Å². The highest BCUT2D eigenvalue weighted by Crippen LogP contribution is 2.10. The molecule has 1 rings (SSSR count). The first-order chi connectivity index (χ1) is 5.15. The van der Waals surface area contributed by atoms with Crippen molar-refractivity contribution >= 4 is 5.69 Å². The van der Waals surface area contributed by atoms with E-state index in [0.717, 1.165) is 5.69 Å². The summed E-state index contributed by atoms with van der Waals surface area (Å²) in [7, 11) is 0. The van der Waals surface area contributed by atoms with E-state index < -0.39 is 0 Å². The number of nitriles is 1. The molecule has 0 fully saturated rings. The highest BCUT2D eigenvalue weighted by molar-refractivity contribution is 5.39. The van der Waals surface area contributed by atoms with Gasteiger partial charge >= 0.3 is 0 Å². The second-order valence-corrected chi connectivity index (χ2v) is 2.45. The number of nitrogens with zero attached hydrogens (tertiary/aromatic N) is 3. The summed E-state index contributed by atoms with van der Waals surface area (Å²) >= 11 is 0. The summed E-state index contributed by atoms with van der Waals surface area (Å²) in [6.07, 6.45) is 1.67. The van der Waals surface area contributed by atoms with E-state index in [2.05, 4.69) is 11.2 Å². The lowest BCUT2D eigenvalue weighted by atomic mass is 10.4. The first kappa shape index (κ1) is 7.61. The number of hydrogen-bond donors (Lipinski definition) is 1. The van der Waals surface area contributed by atoms with Crippen molar-refractivity contribution in [2.24, 2.45) is 0 Å². The Hall–Kier alpha value is -1.50. The number of hydrogen-bond acceptors (Lipinski definition) is 3. The van der Waals surface area contributed by atoms with Crippen LogP contribution in [0.5, 0.6) is 0 Å². The molecule has 58 valence electrons. The zero-order valence-electron chi connectivity index (χ0n) is 6.57. The molecule has 1 heterocycles. The van der Waals surface area contributed by atoms with Crippen LogP contribution in [0.25, 0.3) is 0 Å². The molecule has 0 spiro atoms. The molecule has 4 nitrogen and oxygen atoms in total. The van der Waals surface area contributed by atoms with Crippen molar-refractivity contribution in [3.8, 4) is 6.07 Å². The van der Waals surface area contributed by atoms with Crippen LogP contribution in [0.2, 0.25) is 0 Å². The monoisotopic (exact) mass is 150 g/mol. The lowest BCUT2D eigenvalue weighted by Gasteiger charge is -1.99. The van der Waals surface area contributed by atoms with Gasteiger partial charge in [0.25, 0.3) is 0 Å². The van der Waals surface area contributed by atoms with Crippen LogP contribution >= 0.6 is 0 Å². The zero-order valence-corrected chi connectivity index (χ0v) is 6.57. The van der Waals surface area contributed by atoms with Crippen molar-refractivity contribution in [1.82, 2.24) is 9.78 Å². The molecule has 1 unspecified atom stereocenters. The summed E-state index contributed by atoms with van der Waals surface area (Å²) in [6.45, 7) is 3.59. The summed E-state index contributed by atoms with van der Waals surface area (Å²) in [6, 6.07) is 1.82. The minimum absolute atomic E-state index is 0.244. The molecule has 1 atom stereocenters. The maximum absolute atomic E-state index is 8.54. The molecule has 11 heavy (non-hydrogen) atoms. The van der Waals surface area contributed by atoms with E-state index in [0.29, 0.717) is 5.69 Å². The molecule has 0 radical (unpaired) electrons. The summed E-state index contributed by atoms with van der Waals surface area (Å²) in [4.78, 5) is 0. The summed E-state index contributed by atoms with van der Waals surface area (Å²) in [5.74, 6) is 0. The normalized spacial score (nSPS) is 12.5. The number of rotatable bonds is 1. The van der Waals surface area contributed by atoms with Crippen LogP contribution in [-0.4, -0.2) is 9.78 Å². The van der Waals surface area contributed by atoms with E-state index in [1.165, 1.54) is 0 Å². The van der Waals surface area contributed by atoms with E-state index >= 15 is 0 Å². The largest absolute Gasteiger partial charge is 0.396 e. The minimum Gasteiger partial charge on any atom is -0.396 e. The highest BCUT2D eigenvalue weighted by Gasteiger charge is 2.05. The molecule has 0 aliphatic heterocycles. The zero-order chi connectivity index (χ0) is 8.43. The average Bonchev–Trinajstić information content (AvgIpc) is 2.31. The molecule has 1 aromatic heterocycles. The molecule has 2 N–H and O–H groups in total. The first-order valence-corrected chi connectivity index (χ1v) is 3.36. The van der Waals surface area contributed by atoms with Crippen molar-refractivity contribution in [3.05, 3.63) is 11.9 Å². The molecule has 0 aliphatic rings. The Kier molecular flexibility index (Phi) is 1.81. The fourth-order valence-electron chi connectivity index (χ4n) is 0.753. The number of aromatic nitrogens is 2. The fourth-order valence-corrected chi connectivity index (χ4v) is 0.753. The van der Waals surface area contributed by atoms with Gasteiger partial charge in [-0.25, -0.2) is 0 Å². The Labute approximate surface area is 65.2 Å². The summed E-state index contributed by atoms with van der Waals surface area (Å²) in [5.41, 5.74) is 6.94. The van der Waals surface area contributed by atoms with E-state index in [4.69, 9.17) is 11.0 Å². The molecule has 0 amide bonds. The third-order valence-electron chi connectivity index (χ3n) is 1.54. The molecule has 1 aromatic rings. The van der Waals surface area contributed by atoms with Crippen LogP contribution in [-0.2, 0) is 0 Å². The van der Waals surface area contributed by atoms with Gasteiger partial charge < -0.3 is 5.73 Å². The average molecular weight is 150 g/mol. The Morgan fingerprint density at radius 2 is 2.45 bits per heavy atom. The van der Waals surface area contributed by atoms with Gasteiger partial charge in [0.15, 0.2) is 0 Å². The van der Waals surface area contributed by atoms with Crippen molar-refractivity contribution < 1.29 is 0 Å². The maximum atomic E-state index is 8.54. The third-order valence-corrected chi connectivity index (χ3v) is 1.54. The van der Waals surface area contributed by atoms with Crippen LogP contribution in [0.3, 0.4) is 0 Å². The van der Waals surface area contributed by atoms with Crippen LogP contribution in [0.1, 0.15) is 18.7 Å². The van der Waals surface area contributed by atoms with Gasteiger partial charge in [-0.2, -0.15) is 10.4 Å². The number of anilines is 1. The molecule has 0 aliphatic carbocycles. The lowest BCUT2D eigenvalue weighted by molar-refractivity contribution is 0.586. The molecular weight excluding hydrogens is 140 g/mol. The molecule has 0 bridgehead atoms. The van der Waals surface area contributed by atoms with E-state index in [-0.39, 0.29) is 6.04 Å². The highest BCUT2D eigenvalue weighted by atomic mass is 15.3. The van der Waals surface area contributed by atoms with Gasteiger partial charge in [-0.3, -0.25) is 4.68 Å². The van der Waals surface area contributed by atoms with Gasteiger partial charge in [0.05, 0.1) is 17.5 Å². The topological polar surface area (TPSA) is 67.6 Å². The van der Waals surface area contributed by atoms with E-state index in [1.54, 1.807) is 17.8 Å². The SMILES string of the molecule is Cc1nn(C(C)C#N)cc1N. The van der Waals surface area contributed by atoms with Gasteiger partial charge in [-0.05, 0) is 13.8 Å². The number of aryl methyl sites for hydroxylation is 1. The molecule has 0 saturated heterocycles. The smallest absolute Gasteiger partial charge is 0.135 e. The minimum atomic E-state index is -0.244. The van der Waals surface area contributed by atoms with Gasteiger partial charge in [-0.1, -0.05) is 0 Å². The quantitative estimate of drug-likeness (QED) is 0.645. The second kappa shape index (κ2) is 2.62. The van der Waals surface area contributed by atoms with Crippen LogP contribution in [0.15, 0.2) is 6.20 Å². The second-order valence-electron chi connectivity index (χ2n) is 2.45. The summed E-state index contributed by atoms with van der Waals surface area (Å²) < 4.78 is 1.56. The van der Waals surface area contributed by atoms with Gasteiger partial charge in [-0.15, -0.1) is 0 Å². The molecule has 0 saturated carbocycles.